The number of hydrogen-bond donors (Lipinski definition) is 3. The van der Waals surface area contributed by atoms with E-state index in [2.05, 4.69) is 5.48 Å². The Morgan fingerprint density at radius 3 is 2.74 bits per heavy atom. The quantitative estimate of drug-likeness (QED) is 0.739. The SMILES string of the molecule is CC(C(=O)O)C1(CN)C=C(Cc2ccccc2)ON1. The van der Waals surface area contributed by atoms with Crippen molar-refractivity contribution in [2.24, 2.45) is 11.7 Å². The van der Waals surface area contributed by atoms with Gasteiger partial charge < -0.3 is 15.7 Å². The number of carboxylic acids is 1. The second-order valence-corrected chi connectivity index (χ2v) is 4.78. The van der Waals surface area contributed by atoms with Gasteiger partial charge in [0.15, 0.2) is 0 Å². The van der Waals surface area contributed by atoms with Crippen LogP contribution in [0.3, 0.4) is 0 Å². The standard InChI is InChI=1S/C14H18N2O3/c1-10(13(17)18)14(9-15)8-12(19-16-14)7-11-5-3-2-4-6-11/h2-6,8,10,16H,7,9,15H2,1H3,(H,17,18). The molecule has 1 aliphatic rings. The van der Waals surface area contributed by atoms with Gasteiger partial charge in [-0.15, -0.1) is 5.48 Å². The predicted molar refractivity (Wildman–Crippen MR) is 71.0 cm³/mol. The molecule has 2 rings (SSSR count). The molecule has 0 amide bonds. The number of hydroxylamine groups is 1. The summed E-state index contributed by atoms with van der Waals surface area (Å²) in [5.41, 5.74) is 8.75. The number of nitrogens with two attached hydrogens (primary N) is 1. The van der Waals surface area contributed by atoms with Crippen molar-refractivity contribution in [3.05, 3.63) is 47.7 Å². The fraction of sp³-hybridized carbons (Fsp3) is 0.357. The normalized spacial score (nSPS) is 23.6. The van der Waals surface area contributed by atoms with Gasteiger partial charge in [0.1, 0.15) is 11.3 Å². The van der Waals surface area contributed by atoms with Crippen molar-refractivity contribution in [1.29, 1.82) is 0 Å². The number of rotatable bonds is 5. The fourth-order valence-electron chi connectivity index (χ4n) is 2.10. The van der Waals surface area contributed by atoms with Crippen LogP contribution in [-0.2, 0) is 16.1 Å². The van der Waals surface area contributed by atoms with Crippen LogP contribution in [0.4, 0.5) is 0 Å². The lowest BCUT2D eigenvalue weighted by Gasteiger charge is -2.27. The Morgan fingerprint density at radius 1 is 1.47 bits per heavy atom. The van der Waals surface area contributed by atoms with E-state index >= 15 is 0 Å². The molecule has 0 saturated carbocycles. The zero-order valence-corrected chi connectivity index (χ0v) is 10.8. The molecular formula is C14H18N2O3. The molecule has 5 nitrogen and oxygen atoms in total. The van der Waals surface area contributed by atoms with Gasteiger partial charge in [0.05, 0.1) is 5.92 Å². The minimum absolute atomic E-state index is 0.165. The molecule has 0 bridgehead atoms. The Labute approximate surface area is 112 Å². The number of benzene rings is 1. The molecule has 0 spiro atoms. The lowest BCUT2D eigenvalue weighted by Crippen LogP contribution is -2.53. The van der Waals surface area contributed by atoms with Gasteiger partial charge in [-0.2, -0.15) is 0 Å². The van der Waals surface area contributed by atoms with Crippen molar-refractivity contribution < 1.29 is 14.7 Å². The van der Waals surface area contributed by atoms with Gasteiger partial charge >= 0.3 is 5.97 Å². The highest BCUT2D eigenvalue weighted by Gasteiger charge is 2.42. The van der Waals surface area contributed by atoms with E-state index in [0.717, 1.165) is 5.56 Å². The van der Waals surface area contributed by atoms with Crippen LogP contribution in [0, 0.1) is 5.92 Å². The Kier molecular flexibility index (Phi) is 3.87. The molecule has 0 aromatic heterocycles. The Hall–Kier alpha value is -1.85. The van der Waals surface area contributed by atoms with Crippen molar-refractivity contribution in [2.45, 2.75) is 18.9 Å². The summed E-state index contributed by atoms with van der Waals surface area (Å²) >= 11 is 0. The maximum Gasteiger partial charge on any atom is 0.308 e. The van der Waals surface area contributed by atoms with Crippen LogP contribution >= 0.6 is 0 Å². The third-order valence-electron chi connectivity index (χ3n) is 3.49. The van der Waals surface area contributed by atoms with Crippen molar-refractivity contribution >= 4 is 5.97 Å². The molecule has 2 atom stereocenters. The monoisotopic (exact) mass is 262 g/mol. The van der Waals surface area contributed by atoms with Gasteiger partial charge in [0.2, 0.25) is 0 Å². The first-order valence-corrected chi connectivity index (χ1v) is 6.20. The van der Waals surface area contributed by atoms with E-state index in [4.69, 9.17) is 15.7 Å². The smallest absolute Gasteiger partial charge is 0.308 e. The van der Waals surface area contributed by atoms with Crippen molar-refractivity contribution in [3.63, 3.8) is 0 Å². The Bertz CT molecular complexity index is 487. The van der Waals surface area contributed by atoms with E-state index < -0.39 is 17.4 Å². The molecule has 0 aliphatic carbocycles. The van der Waals surface area contributed by atoms with Gasteiger partial charge in [-0.3, -0.25) is 4.79 Å². The van der Waals surface area contributed by atoms with Gasteiger partial charge in [-0.05, 0) is 18.6 Å². The molecule has 0 radical (unpaired) electrons. The summed E-state index contributed by atoms with van der Waals surface area (Å²) in [5.74, 6) is -0.866. The summed E-state index contributed by atoms with van der Waals surface area (Å²) in [6.07, 6.45) is 2.40. The van der Waals surface area contributed by atoms with Gasteiger partial charge in [-0.25, -0.2) is 0 Å². The number of hydrogen-bond acceptors (Lipinski definition) is 4. The van der Waals surface area contributed by atoms with Crippen LogP contribution in [-0.4, -0.2) is 23.2 Å². The number of allylic oxidation sites excluding steroid dienone is 1. The maximum atomic E-state index is 11.1. The van der Waals surface area contributed by atoms with Crippen LogP contribution < -0.4 is 11.2 Å². The molecule has 5 heteroatoms. The average Bonchev–Trinajstić information content (AvgIpc) is 2.83. The highest BCUT2D eigenvalue weighted by Crippen LogP contribution is 2.27. The van der Waals surface area contributed by atoms with E-state index in [-0.39, 0.29) is 6.54 Å². The van der Waals surface area contributed by atoms with E-state index in [0.29, 0.717) is 12.2 Å². The second-order valence-electron chi connectivity index (χ2n) is 4.78. The topological polar surface area (TPSA) is 84.6 Å². The number of aliphatic carboxylic acids is 1. The van der Waals surface area contributed by atoms with Crippen molar-refractivity contribution in [2.75, 3.05) is 6.54 Å². The third-order valence-corrected chi connectivity index (χ3v) is 3.49. The number of carboxylic acid groups (broad SMARTS) is 1. The van der Waals surface area contributed by atoms with Crippen LogP contribution in [0.1, 0.15) is 12.5 Å². The first-order chi connectivity index (χ1) is 9.07. The second kappa shape index (κ2) is 5.42. The van der Waals surface area contributed by atoms with E-state index in [9.17, 15) is 4.79 Å². The average molecular weight is 262 g/mol. The lowest BCUT2D eigenvalue weighted by atomic mass is 9.85. The van der Waals surface area contributed by atoms with Crippen LogP contribution in [0.25, 0.3) is 0 Å². The summed E-state index contributed by atoms with van der Waals surface area (Å²) in [6.45, 7) is 1.78. The lowest BCUT2D eigenvalue weighted by molar-refractivity contribution is -0.144. The molecule has 102 valence electrons. The predicted octanol–water partition coefficient (Wildman–Crippen LogP) is 1.07. The minimum atomic E-state index is -0.904. The molecule has 1 aliphatic heterocycles. The Balaban J connectivity index is 2.16. The van der Waals surface area contributed by atoms with Crippen LogP contribution in [0.2, 0.25) is 0 Å². The first-order valence-electron chi connectivity index (χ1n) is 6.20. The first kappa shape index (κ1) is 13.6. The van der Waals surface area contributed by atoms with E-state index in [1.165, 1.54) is 0 Å². The highest BCUT2D eigenvalue weighted by molar-refractivity contribution is 5.72. The fourth-order valence-corrected chi connectivity index (χ4v) is 2.10. The molecule has 0 saturated heterocycles. The summed E-state index contributed by atoms with van der Waals surface area (Å²) in [4.78, 5) is 16.5. The highest BCUT2D eigenvalue weighted by atomic mass is 16.7. The van der Waals surface area contributed by atoms with Gasteiger partial charge in [-0.1, -0.05) is 30.3 Å². The summed E-state index contributed by atoms with van der Waals surface area (Å²) < 4.78 is 0. The molecule has 2 unspecified atom stereocenters. The summed E-state index contributed by atoms with van der Waals surface area (Å²) in [6, 6.07) is 9.84. The van der Waals surface area contributed by atoms with E-state index in [1.807, 2.05) is 30.3 Å². The van der Waals surface area contributed by atoms with Crippen LogP contribution in [0.15, 0.2) is 42.2 Å². The molecule has 1 aromatic rings. The van der Waals surface area contributed by atoms with Gasteiger partial charge in [0.25, 0.3) is 0 Å². The Morgan fingerprint density at radius 2 is 2.16 bits per heavy atom. The summed E-state index contributed by atoms with van der Waals surface area (Å²) in [5, 5.41) is 9.13. The van der Waals surface area contributed by atoms with Crippen LogP contribution in [0.5, 0.6) is 0 Å². The minimum Gasteiger partial charge on any atom is -0.481 e. The molecule has 19 heavy (non-hydrogen) atoms. The molecule has 1 heterocycles. The van der Waals surface area contributed by atoms with Gasteiger partial charge in [0, 0.05) is 13.0 Å². The van der Waals surface area contributed by atoms with E-state index in [1.54, 1.807) is 13.0 Å². The zero-order valence-electron chi connectivity index (χ0n) is 10.8. The van der Waals surface area contributed by atoms with Crippen molar-refractivity contribution in [1.82, 2.24) is 5.48 Å². The van der Waals surface area contributed by atoms with Crippen molar-refractivity contribution in [3.8, 4) is 0 Å². The largest absolute Gasteiger partial charge is 0.481 e. The molecular weight excluding hydrogens is 244 g/mol. The third kappa shape index (κ3) is 2.77. The maximum absolute atomic E-state index is 11.1. The zero-order chi connectivity index (χ0) is 13.9. The molecule has 0 fully saturated rings. The summed E-state index contributed by atoms with van der Waals surface area (Å²) in [7, 11) is 0. The molecule has 1 aromatic carbocycles. The number of carbonyl (C=O) groups is 1. The number of nitrogens with one attached hydrogen (secondary N) is 1. The molecule has 4 N–H and O–H groups in total.